The molecule has 0 radical (unpaired) electrons. The molecular formula is C14H12O4. The fourth-order valence-corrected chi connectivity index (χ4v) is 1.55. The molecule has 2 aromatic rings. The van der Waals surface area contributed by atoms with Crippen LogP contribution in [0.4, 0.5) is 0 Å². The highest BCUT2D eigenvalue weighted by Gasteiger charge is 2.11. The number of rotatable bonds is 3. The maximum Gasteiger partial charge on any atom is 0.224 e. The monoisotopic (exact) mass is 244 g/mol. The summed E-state index contributed by atoms with van der Waals surface area (Å²) in [4.78, 5) is 11.7. The van der Waals surface area contributed by atoms with Crippen molar-refractivity contribution in [3.05, 3.63) is 59.6 Å². The average Bonchev–Trinajstić information content (AvgIpc) is 2.81. The van der Waals surface area contributed by atoms with Gasteiger partial charge in [-0.3, -0.25) is 4.79 Å². The van der Waals surface area contributed by atoms with E-state index in [-0.39, 0.29) is 22.8 Å². The van der Waals surface area contributed by atoms with Crippen molar-refractivity contribution in [2.45, 2.75) is 6.92 Å². The van der Waals surface area contributed by atoms with Gasteiger partial charge in [-0.25, -0.2) is 0 Å². The smallest absolute Gasteiger partial charge is 0.224 e. The zero-order valence-electron chi connectivity index (χ0n) is 9.75. The molecule has 0 atom stereocenters. The normalized spacial score (nSPS) is 11.5. The Morgan fingerprint density at radius 1 is 1.33 bits per heavy atom. The number of hydrogen-bond acceptors (Lipinski definition) is 4. The Balaban J connectivity index is 2.31. The van der Waals surface area contributed by atoms with Crippen LogP contribution in [-0.4, -0.2) is 16.0 Å². The van der Waals surface area contributed by atoms with Gasteiger partial charge < -0.3 is 14.6 Å². The molecule has 18 heavy (non-hydrogen) atoms. The van der Waals surface area contributed by atoms with Gasteiger partial charge in [-0.2, -0.15) is 0 Å². The van der Waals surface area contributed by atoms with Gasteiger partial charge in [-0.05, 0) is 36.8 Å². The van der Waals surface area contributed by atoms with Crippen LogP contribution in [0.3, 0.4) is 0 Å². The summed E-state index contributed by atoms with van der Waals surface area (Å²) >= 11 is 0. The SMILES string of the molecule is Cc1ccc(C(O)=CC(=O)c2ccco2)c(O)c1. The van der Waals surface area contributed by atoms with E-state index >= 15 is 0 Å². The van der Waals surface area contributed by atoms with Crippen molar-refractivity contribution in [2.24, 2.45) is 0 Å². The molecule has 0 fully saturated rings. The van der Waals surface area contributed by atoms with Crippen molar-refractivity contribution in [3.8, 4) is 5.75 Å². The molecular weight excluding hydrogens is 232 g/mol. The molecule has 2 N–H and O–H groups in total. The summed E-state index contributed by atoms with van der Waals surface area (Å²) in [6.07, 6.45) is 2.39. The number of carbonyl (C=O) groups excluding carboxylic acids is 1. The Labute approximate surface area is 104 Å². The molecule has 1 aromatic heterocycles. The number of phenolic OH excluding ortho intramolecular Hbond substituents is 1. The number of aliphatic hydroxyl groups is 1. The minimum Gasteiger partial charge on any atom is -0.507 e. The first kappa shape index (κ1) is 12.0. The molecule has 0 aliphatic heterocycles. The van der Waals surface area contributed by atoms with Crippen molar-refractivity contribution >= 4 is 11.5 Å². The van der Waals surface area contributed by atoms with Crippen molar-refractivity contribution in [2.75, 3.05) is 0 Å². The van der Waals surface area contributed by atoms with E-state index in [4.69, 9.17) is 4.42 Å². The summed E-state index contributed by atoms with van der Waals surface area (Å²) in [6, 6.07) is 7.88. The lowest BCUT2D eigenvalue weighted by Crippen LogP contribution is -1.95. The van der Waals surface area contributed by atoms with Crippen LogP contribution >= 0.6 is 0 Å². The van der Waals surface area contributed by atoms with Crippen molar-refractivity contribution in [3.63, 3.8) is 0 Å². The summed E-state index contributed by atoms with van der Waals surface area (Å²) in [5, 5.41) is 19.5. The lowest BCUT2D eigenvalue weighted by atomic mass is 10.1. The highest BCUT2D eigenvalue weighted by molar-refractivity contribution is 6.06. The minimum atomic E-state index is -0.461. The van der Waals surface area contributed by atoms with Crippen LogP contribution < -0.4 is 0 Å². The third-order valence-corrected chi connectivity index (χ3v) is 2.46. The molecule has 4 heteroatoms. The van der Waals surface area contributed by atoms with Gasteiger partial charge in [-0.1, -0.05) is 6.07 Å². The summed E-state index contributed by atoms with van der Waals surface area (Å²) < 4.78 is 4.91. The van der Waals surface area contributed by atoms with Gasteiger partial charge in [0.2, 0.25) is 5.78 Å². The van der Waals surface area contributed by atoms with Gasteiger partial charge in [-0.15, -0.1) is 0 Å². The molecule has 0 amide bonds. The van der Waals surface area contributed by atoms with Crippen molar-refractivity contribution in [1.82, 2.24) is 0 Å². The van der Waals surface area contributed by atoms with Crippen LogP contribution in [-0.2, 0) is 0 Å². The molecule has 92 valence electrons. The van der Waals surface area contributed by atoms with Crippen LogP contribution in [0.5, 0.6) is 5.75 Å². The van der Waals surface area contributed by atoms with Gasteiger partial charge in [0.1, 0.15) is 11.5 Å². The zero-order chi connectivity index (χ0) is 13.1. The Morgan fingerprint density at radius 2 is 2.11 bits per heavy atom. The van der Waals surface area contributed by atoms with Crippen LogP contribution in [0, 0.1) is 6.92 Å². The molecule has 4 nitrogen and oxygen atoms in total. The van der Waals surface area contributed by atoms with Crippen molar-refractivity contribution in [1.29, 1.82) is 0 Å². The van der Waals surface area contributed by atoms with Crippen molar-refractivity contribution < 1.29 is 19.4 Å². The predicted molar refractivity (Wildman–Crippen MR) is 66.5 cm³/mol. The van der Waals surface area contributed by atoms with E-state index in [0.717, 1.165) is 11.6 Å². The number of furan rings is 1. The molecule has 1 heterocycles. The Morgan fingerprint density at radius 3 is 2.72 bits per heavy atom. The molecule has 2 rings (SSSR count). The van der Waals surface area contributed by atoms with Gasteiger partial charge in [0.05, 0.1) is 11.8 Å². The van der Waals surface area contributed by atoms with E-state index in [0.29, 0.717) is 0 Å². The largest absolute Gasteiger partial charge is 0.507 e. The minimum absolute atomic E-state index is 0.0732. The van der Waals surface area contributed by atoms with Crippen LogP contribution in [0.25, 0.3) is 5.76 Å². The highest BCUT2D eigenvalue weighted by Crippen LogP contribution is 2.24. The molecule has 0 bridgehead atoms. The molecule has 0 saturated carbocycles. The fraction of sp³-hybridized carbons (Fsp3) is 0.0714. The first-order valence-electron chi connectivity index (χ1n) is 5.36. The van der Waals surface area contributed by atoms with Crippen LogP contribution in [0.15, 0.2) is 47.1 Å². The van der Waals surface area contributed by atoms with Gasteiger partial charge in [0.25, 0.3) is 0 Å². The lowest BCUT2D eigenvalue weighted by Gasteiger charge is -2.04. The lowest BCUT2D eigenvalue weighted by molar-refractivity contribution is 0.102. The quantitative estimate of drug-likeness (QED) is 0.494. The van der Waals surface area contributed by atoms with Gasteiger partial charge in [0.15, 0.2) is 5.76 Å². The second-order valence-electron chi connectivity index (χ2n) is 3.89. The van der Waals surface area contributed by atoms with Gasteiger partial charge >= 0.3 is 0 Å². The van der Waals surface area contributed by atoms with Crippen LogP contribution in [0.1, 0.15) is 21.7 Å². The van der Waals surface area contributed by atoms with Crippen LogP contribution in [0.2, 0.25) is 0 Å². The second kappa shape index (κ2) is 4.79. The number of benzene rings is 1. The second-order valence-corrected chi connectivity index (χ2v) is 3.89. The molecule has 0 aliphatic rings. The maximum absolute atomic E-state index is 11.7. The molecule has 0 unspecified atom stereocenters. The Kier molecular flexibility index (Phi) is 3.19. The molecule has 1 aromatic carbocycles. The van der Waals surface area contributed by atoms with E-state index in [9.17, 15) is 15.0 Å². The first-order chi connectivity index (χ1) is 8.58. The number of aliphatic hydroxyl groups excluding tert-OH is 1. The van der Waals surface area contributed by atoms with E-state index in [1.807, 2.05) is 6.92 Å². The number of aromatic hydroxyl groups is 1. The number of aryl methyl sites for hydroxylation is 1. The molecule has 0 aliphatic carbocycles. The maximum atomic E-state index is 11.7. The average molecular weight is 244 g/mol. The van der Waals surface area contributed by atoms with E-state index < -0.39 is 5.78 Å². The summed E-state index contributed by atoms with van der Waals surface area (Å²) in [5.41, 5.74) is 1.07. The third-order valence-electron chi connectivity index (χ3n) is 2.46. The number of hydrogen-bond donors (Lipinski definition) is 2. The summed E-state index contributed by atoms with van der Waals surface area (Å²) in [7, 11) is 0. The predicted octanol–water partition coefficient (Wildman–Crippen LogP) is 3.08. The number of allylic oxidation sites excluding steroid dienone is 1. The number of carbonyl (C=O) groups is 1. The Bertz CT molecular complexity index is 594. The number of ketones is 1. The molecule has 0 spiro atoms. The van der Waals surface area contributed by atoms with E-state index in [1.165, 1.54) is 18.4 Å². The first-order valence-corrected chi connectivity index (χ1v) is 5.36. The summed E-state index contributed by atoms with van der Waals surface area (Å²) in [5.74, 6) is -0.699. The number of phenols is 1. The van der Waals surface area contributed by atoms with Gasteiger partial charge in [0, 0.05) is 6.08 Å². The standard InChI is InChI=1S/C14H12O4/c1-9-4-5-10(11(15)7-9)12(16)8-13(17)14-3-2-6-18-14/h2-8,15-16H,1H3. The third kappa shape index (κ3) is 2.43. The topological polar surface area (TPSA) is 70.7 Å². The van der Waals surface area contributed by atoms with E-state index in [2.05, 4.69) is 0 Å². The Hall–Kier alpha value is -2.49. The highest BCUT2D eigenvalue weighted by atomic mass is 16.3. The zero-order valence-corrected chi connectivity index (χ0v) is 9.75. The molecule has 0 saturated heterocycles. The summed E-state index contributed by atoms with van der Waals surface area (Å²) in [6.45, 7) is 1.82. The van der Waals surface area contributed by atoms with E-state index in [1.54, 1.807) is 18.2 Å². The fourth-order valence-electron chi connectivity index (χ4n) is 1.55.